The number of amides is 1. The van der Waals surface area contributed by atoms with E-state index in [2.05, 4.69) is 20.6 Å². The Labute approximate surface area is 187 Å². The van der Waals surface area contributed by atoms with Gasteiger partial charge < -0.3 is 9.15 Å². The molecule has 0 fully saturated rings. The Balaban J connectivity index is 1.34. The number of carbonyl (C=O) groups excluding carboxylic acids is 1. The minimum absolute atomic E-state index is 0.187. The Hall–Kier alpha value is -3.98. The molecule has 0 saturated heterocycles. The number of nitrogens with zero attached hydrogens (tertiary/aromatic N) is 6. The Morgan fingerprint density at radius 2 is 2.03 bits per heavy atom. The van der Waals surface area contributed by atoms with Crippen molar-refractivity contribution in [3.8, 4) is 11.4 Å². The summed E-state index contributed by atoms with van der Waals surface area (Å²) in [7, 11) is 0. The lowest BCUT2D eigenvalue weighted by atomic mass is 10.0. The van der Waals surface area contributed by atoms with Crippen LogP contribution in [0.4, 0.5) is 0 Å². The molecule has 0 spiro atoms. The van der Waals surface area contributed by atoms with Crippen LogP contribution in [0.5, 0.6) is 5.75 Å². The highest BCUT2D eigenvalue weighted by Crippen LogP contribution is 2.33. The third-order valence-electron chi connectivity index (χ3n) is 5.01. The van der Waals surface area contributed by atoms with E-state index in [0.29, 0.717) is 23.0 Å². The van der Waals surface area contributed by atoms with Gasteiger partial charge in [0.1, 0.15) is 23.9 Å². The number of hydrogen-bond acceptors (Lipinski definition) is 7. The number of benzene rings is 2. The number of hydrazone groups is 1. The Morgan fingerprint density at radius 3 is 2.78 bits per heavy atom. The summed E-state index contributed by atoms with van der Waals surface area (Å²) in [5, 5.41) is 17.7. The molecule has 32 heavy (non-hydrogen) atoms. The van der Waals surface area contributed by atoms with Crippen LogP contribution in [-0.2, 0) is 4.79 Å². The Bertz CT molecular complexity index is 1240. The molecule has 4 aromatic rings. The minimum Gasteiger partial charge on any atom is -0.484 e. The molecule has 0 N–H and O–H groups in total. The zero-order valence-electron chi connectivity index (χ0n) is 16.7. The molecule has 2 aromatic heterocycles. The van der Waals surface area contributed by atoms with Crippen molar-refractivity contribution in [1.29, 1.82) is 0 Å². The second-order valence-electron chi connectivity index (χ2n) is 7.07. The topological polar surface area (TPSA) is 98.6 Å². The number of carbonyl (C=O) groups is 1. The monoisotopic (exact) mass is 448 g/mol. The first-order valence-electron chi connectivity index (χ1n) is 9.82. The van der Waals surface area contributed by atoms with Gasteiger partial charge in [-0.1, -0.05) is 29.8 Å². The molecule has 160 valence electrons. The number of hydrogen-bond donors (Lipinski definition) is 0. The van der Waals surface area contributed by atoms with Crippen molar-refractivity contribution in [3.63, 3.8) is 0 Å². The second-order valence-corrected chi connectivity index (χ2v) is 7.50. The molecule has 0 saturated carbocycles. The summed E-state index contributed by atoms with van der Waals surface area (Å²) < 4.78 is 12.8. The number of rotatable bonds is 6. The largest absolute Gasteiger partial charge is 0.484 e. The van der Waals surface area contributed by atoms with Crippen molar-refractivity contribution in [2.24, 2.45) is 5.10 Å². The fraction of sp³-hybridized carbons (Fsp3) is 0.136. The van der Waals surface area contributed by atoms with Crippen molar-refractivity contribution < 1.29 is 13.9 Å². The summed E-state index contributed by atoms with van der Waals surface area (Å²) in [6.45, 7) is -0.187. The van der Waals surface area contributed by atoms with Crippen LogP contribution >= 0.6 is 11.6 Å². The van der Waals surface area contributed by atoms with E-state index in [4.69, 9.17) is 20.8 Å². The first-order valence-corrected chi connectivity index (χ1v) is 10.2. The predicted molar refractivity (Wildman–Crippen MR) is 116 cm³/mol. The van der Waals surface area contributed by atoms with Gasteiger partial charge in [0.2, 0.25) is 0 Å². The summed E-state index contributed by atoms with van der Waals surface area (Å²) in [4.78, 5) is 13.1. The lowest BCUT2D eigenvalue weighted by Crippen LogP contribution is -2.31. The average Bonchev–Trinajstić information content (AvgIpc) is 3.59. The smallest absolute Gasteiger partial charge is 0.281 e. The zero-order valence-corrected chi connectivity index (χ0v) is 17.5. The van der Waals surface area contributed by atoms with Crippen LogP contribution in [0, 0.1) is 0 Å². The van der Waals surface area contributed by atoms with Gasteiger partial charge in [0.15, 0.2) is 6.61 Å². The molecule has 1 amide bonds. The first kappa shape index (κ1) is 20.0. The lowest BCUT2D eigenvalue weighted by Gasteiger charge is -2.20. The maximum Gasteiger partial charge on any atom is 0.281 e. The molecule has 2 aromatic carbocycles. The van der Waals surface area contributed by atoms with Gasteiger partial charge in [-0.05, 0) is 52.4 Å². The second kappa shape index (κ2) is 8.64. The molecule has 3 heterocycles. The molecule has 0 bridgehead atoms. The van der Waals surface area contributed by atoms with Crippen molar-refractivity contribution in [1.82, 2.24) is 25.2 Å². The van der Waals surface area contributed by atoms with Crippen molar-refractivity contribution in [3.05, 3.63) is 89.6 Å². The van der Waals surface area contributed by atoms with E-state index in [9.17, 15) is 4.79 Å². The normalized spacial score (nSPS) is 15.6. The van der Waals surface area contributed by atoms with Gasteiger partial charge in [0.05, 0.1) is 17.7 Å². The molecule has 1 aliphatic rings. The summed E-state index contributed by atoms with van der Waals surface area (Å²) in [6, 6.07) is 17.8. The number of tetrazole rings is 1. The van der Waals surface area contributed by atoms with Crippen molar-refractivity contribution in [2.45, 2.75) is 12.5 Å². The standard InChI is InChI=1S/C22H17ClN6O3/c23-16-8-6-15(7-9-16)19-12-20(21-5-2-10-31-21)29(25-19)22(30)13-32-18-4-1-3-17(11-18)28-14-24-26-27-28/h1-11,14,20H,12-13H2/t20-/m1/s1. The predicted octanol–water partition coefficient (Wildman–Crippen LogP) is 3.67. The maximum absolute atomic E-state index is 13.1. The van der Waals surface area contributed by atoms with E-state index in [1.54, 1.807) is 42.7 Å². The molecular formula is C22H17ClN6O3. The quantitative estimate of drug-likeness (QED) is 0.446. The van der Waals surface area contributed by atoms with Crippen LogP contribution < -0.4 is 4.74 Å². The van der Waals surface area contributed by atoms with Gasteiger partial charge in [-0.3, -0.25) is 4.79 Å². The molecular weight excluding hydrogens is 432 g/mol. The number of aromatic nitrogens is 4. The summed E-state index contributed by atoms with van der Waals surface area (Å²) in [6.07, 6.45) is 3.59. The Kier molecular flexibility index (Phi) is 5.39. The number of furan rings is 1. The van der Waals surface area contributed by atoms with Crippen LogP contribution in [0.3, 0.4) is 0 Å². The molecule has 0 radical (unpaired) electrons. The number of ether oxygens (including phenoxy) is 1. The molecule has 0 unspecified atom stereocenters. The fourth-order valence-corrected chi connectivity index (χ4v) is 3.59. The van der Waals surface area contributed by atoms with Crippen LogP contribution in [0.15, 0.2) is 82.8 Å². The number of halogens is 1. The third kappa shape index (κ3) is 4.10. The summed E-state index contributed by atoms with van der Waals surface area (Å²) in [5.74, 6) is 0.886. The molecule has 0 aliphatic carbocycles. The van der Waals surface area contributed by atoms with Crippen LogP contribution in [-0.4, -0.2) is 43.4 Å². The van der Waals surface area contributed by atoms with E-state index in [1.807, 2.05) is 24.3 Å². The summed E-state index contributed by atoms with van der Waals surface area (Å²) in [5.41, 5.74) is 2.39. The molecule has 1 aliphatic heterocycles. The molecule has 5 rings (SSSR count). The van der Waals surface area contributed by atoms with Crippen LogP contribution in [0.1, 0.15) is 23.8 Å². The zero-order chi connectivity index (χ0) is 21.9. The third-order valence-corrected chi connectivity index (χ3v) is 5.26. The lowest BCUT2D eigenvalue weighted by molar-refractivity contribution is -0.135. The van der Waals surface area contributed by atoms with E-state index in [-0.39, 0.29) is 18.6 Å². The van der Waals surface area contributed by atoms with Crippen molar-refractivity contribution >= 4 is 23.2 Å². The molecule has 10 heteroatoms. The van der Waals surface area contributed by atoms with Gasteiger partial charge in [0, 0.05) is 17.5 Å². The maximum atomic E-state index is 13.1. The summed E-state index contributed by atoms with van der Waals surface area (Å²) >= 11 is 6.00. The van der Waals surface area contributed by atoms with E-state index in [0.717, 1.165) is 17.0 Å². The van der Waals surface area contributed by atoms with Crippen LogP contribution in [0.2, 0.25) is 5.02 Å². The highest BCUT2D eigenvalue weighted by molar-refractivity contribution is 6.30. The fourth-order valence-electron chi connectivity index (χ4n) is 3.47. The highest BCUT2D eigenvalue weighted by atomic mass is 35.5. The molecule has 1 atom stereocenters. The SMILES string of the molecule is O=C(COc1cccc(-n2cnnn2)c1)N1N=C(c2ccc(Cl)cc2)C[C@@H]1c1ccco1. The van der Waals surface area contributed by atoms with E-state index < -0.39 is 0 Å². The average molecular weight is 449 g/mol. The van der Waals surface area contributed by atoms with Gasteiger partial charge in [-0.2, -0.15) is 5.10 Å². The highest BCUT2D eigenvalue weighted by Gasteiger charge is 2.35. The van der Waals surface area contributed by atoms with Gasteiger partial charge in [-0.15, -0.1) is 5.10 Å². The van der Waals surface area contributed by atoms with Gasteiger partial charge in [-0.25, -0.2) is 9.69 Å². The minimum atomic E-state index is -0.348. The Morgan fingerprint density at radius 1 is 1.16 bits per heavy atom. The van der Waals surface area contributed by atoms with Crippen LogP contribution in [0.25, 0.3) is 5.69 Å². The first-order chi connectivity index (χ1) is 15.7. The van der Waals surface area contributed by atoms with Gasteiger partial charge >= 0.3 is 0 Å². The van der Waals surface area contributed by atoms with Gasteiger partial charge in [0.25, 0.3) is 5.91 Å². The van der Waals surface area contributed by atoms with E-state index in [1.165, 1.54) is 16.0 Å². The van der Waals surface area contributed by atoms with E-state index >= 15 is 0 Å². The molecule has 9 nitrogen and oxygen atoms in total. The van der Waals surface area contributed by atoms with Crippen molar-refractivity contribution in [2.75, 3.05) is 6.61 Å².